The number of benzene rings is 1. The second-order valence-electron chi connectivity index (χ2n) is 6.04. The Bertz CT molecular complexity index is 586. The van der Waals surface area contributed by atoms with E-state index in [-0.39, 0.29) is 0 Å². The van der Waals surface area contributed by atoms with E-state index in [0.717, 1.165) is 45.0 Å². The Hall–Kier alpha value is -2.22. The monoisotopic (exact) mass is 344 g/mol. The van der Waals surface area contributed by atoms with Crippen molar-refractivity contribution in [2.45, 2.75) is 0 Å². The second-order valence-corrected chi connectivity index (χ2v) is 6.04. The van der Waals surface area contributed by atoms with E-state index in [2.05, 4.69) is 38.7 Å². The Labute approximate surface area is 150 Å². The zero-order valence-corrected chi connectivity index (χ0v) is 15.3. The number of hydrogen-bond acceptors (Lipinski definition) is 6. The summed E-state index contributed by atoms with van der Waals surface area (Å²) in [4.78, 5) is 6.64. The number of quaternary nitrogens is 1. The summed E-state index contributed by atoms with van der Waals surface area (Å²) in [7, 11) is 3.86. The molecule has 0 spiro atoms. The fourth-order valence-corrected chi connectivity index (χ4v) is 2.63. The average molecular weight is 344 g/mol. The highest BCUT2D eigenvalue weighted by Gasteiger charge is 2.16. The van der Waals surface area contributed by atoms with Gasteiger partial charge in [-0.05, 0) is 24.3 Å². The molecule has 1 aliphatic heterocycles. The Morgan fingerprint density at radius 2 is 1.96 bits per heavy atom. The number of nitrogens with zero attached hydrogens (tertiary/aromatic N) is 5. The van der Waals surface area contributed by atoms with Crippen molar-refractivity contribution in [1.29, 1.82) is 0 Å². The maximum atomic E-state index is 5.62. The summed E-state index contributed by atoms with van der Waals surface area (Å²) in [6, 6.07) is 8.19. The van der Waals surface area contributed by atoms with Crippen LogP contribution in [0.4, 0.5) is 11.4 Å². The van der Waals surface area contributed by atoms with Crippen molar-refractivity contribution in [1.82, 2.24) is 9.80 Å². The molecular weight excluding hydrogens is 314 g/mol. The van der Waals surface area contributed by atoms with Crippen molar-refractivity contribution >= 4 is 11.4 Å². The molecule has 0 unspecified atom stereocenters. The van der Waals surface area contributed by atoms with Crippen LogP contribution in [0.3, 0.4) is 0 Å². The molecule has 0 amide bonds. The molecule has 1 fully saturated rings. The first-order valence-corrected chi connectivity index (χ1v) is 8.71. The average Bonchev–Trinajstić information content (AvgIpc) is 2.65. The van der Waals surface area contributed by atoms with E-state index in [1.165, 1.54) is 5.69 Å². The Morgan fingerprint density at radius 3 is 2.56 bits per heavy atom. The van der Waals surface area contributed by atoms with Gasteiger partial charge < -0.3 is 20.9 Å². The maximum absolute atomic E-state index is 5.62. The van der Waals surface area contributed by atoms with Gasteiger partial charge in [0.05, 0.1) is 18.9 Å². The summed E-state index contributed by atoms with van der Waals surface area (Å²) >= 11 is 0. The molecule has 1 aliphatic rings. The number of nitrogens with two attached hydrogens (primary N) is 2. The van der Waals surface area contributed by atoms with Crippen LogP contribution in [0, 0.1) is 0 Å². The van der Waals surface area contributed by atoms with Gasteiger partial charge in [-0.1, -0.05) is 6.58 Å². The van der Waals surface area contributed by atoms with E-state index in [1.54, 1.807) is 0 Å². The van der Waals surface area contributed by atoms with Crippen LogP contribution in [-0.2, 0) is 0 Å². The molecule has 1 saturated heterocycles. The molecule has 0 saturated carbocycles. The molecule has 4 N–H and O–H groups in total. The van der Waals surface area contributed by atoms with Crippen LogP contribution >= 0.6 is 0 Å². The Balaban J connectivity index is 1.88. The first kappa shape index (κ1) is 19.1. The molecule has 1 heterocycles. The number of piperazine rings is 1. The van der Waals surface area contributed by atoms with E-state index in [0.29, 0.717) is 5.82 Å². The third kappa shape index (κ3) is 5.97. The fourth-order valence-electron chi connectivity index (χ4n) is 2.63. The van der Waals surface area contributed by atoms with E-state index < -0.39 is 0 Å². The topological polar surface area (TPSA) is 77.1 Å². The molecule has 0 aliphatic carbocycles. The van der Waals surface area contributed by atoms with Crippen molar-refractivity contribution in [2.24, 2.45) is 16.0 Å². The predicted molar refractivity (Wildman–Crippen MR) is 103 cm³/mol. The summed E-state index contributed by atoms with van der Waals surface area (Å²) in [6.07, 6.45) is 3.83. The molecule has 136 valence electrons. The van der Waals surface area contributed by atoms with Gasteiger partial charge in [-0.3, -0.25) is 4.90 Å². The van der Waals surface area contributed by atoms with E-state index in [9.17, 15) is 0 Å². The summed E-state index contributed by atoms with van der Waals surface area (Å²) in [5, 5.41) is 10.4. The molecule has 25 heavy (non-hydrogen) atoms. The van der Waals surface area contributed by atoms with E-state index in [4.69, 9.17) is 5.73 Å². The third-order valence-electron chi connectivity index (χ3n) is 4.22. The van der Waals surface area contributed by atoms with Gasteiger partial charge >= 0.3 is 0 Å². The van der Waals surface area contributed by atoms with Gasteiger partial charge in [0.1, 0.15) is 12.0 Å². The van der Waals surface area contributed by atoms with Crippen molar-refractivity contribution in [2.75, 3.05) is 58.3 Å². The highest BCUT2D eigenvalue weighted by Crippen LogP contribution is 2.22. The molecule has 7 heteroatoms. The van der Waals surface area contributed by atoms with Crippen LogP contribution in [-0.4, -0.2) is 63.2 Å². The normalized spacial score (nSPS) is 16.0. The summed E-state index contributed by atoms with van der Waals surface area (Å²) in [5.41, 5.74) is 7.68. The minimum absolute atomic E-state index is 0.596. The minimum atomic E-state index is 0.596. The van der Waals surface area contributed by atoms with Crippen LogP contribution in [0.1, 0.15) is 0 Å². The fraction of sp³-hybridized carbons (Fsp3) is 0.444. The van der Waals surface area contributed by atoms with Crippen LogP contribution in [0.2, 0.25) is 0 Å². The van der Waals surface area contributed by atoms with Gasteiger partial charge in [-0.25, -0.2) is 0 Å². The largest absolute Gasteiger partial charge is 0.369 e. The highest BCUT2D eigenvalue weighted by molar-refractivity contribution is 5.53. The molecular formula is C18H30N7+. The Morgan fingerprint density at radius 1 is 1.28 bits per heavy atom. The van der Waals surface area contributed by atoms with Crippen molar-refractivity contribution in [3.63, 3.8) is 0 Å². The maximum Gasteiger partial charge on any atom is 0.147 e. The lowest BCUT2D eigenvalue weighted by Gasteiger charge is -2.35. The molecule has 7 nitrogen and oxygen atoms in total. The lowest BCUT2D eigenvalue weighted by molar-refractivity contribution is -0.557. The second kappa shape index (κ2) is 9.93. The van der Waals surface area contributed by atoms with Crippen molar-refractivity contribution < 1.29 is 5.32 Å². The molecule has 0 bridgehead atoms. The molecule has 0 radical (unpaired) electrons. The van der Waals surface area contributed by atoms with Crippen LogP contribution < -0.4 is 16.0 Å². The molecule has 0 atom stereocenters. The number of rotatable bonds is 8. The first-order chi connectivity index (χ1) is 12.1. The van der Waals surface area contributed by atoms with E-state index in [1.807, 2.05) is 48.8 Å². The standard InChI is InChI=1S/C18H29N7/c1-16(23(3)11-9-20-2)21-22-17-4-6-18(7-5-17)25-14-12-24(10-8-19)13-15-25/h4-7,9,11,20H,1,8,10,12-15,19H2,2-3H3/p+1/b11-9-,22-21?. The first-order valence-electron chi connectivity index (χ1n) is 8.71. The highest BCUT2D eigenvalue weighted by atomic mass is 15.3. The SMILES string of the molecule is C=C(N=Nc1ccc(N2CCN(CCN)CC2)cc1)N(C)/C=C\[NH2+]C. The zero-order chi connectivity index (χ0) is 18.1. The van der Waals surface area contributed by atoms with Gasteiger partial charge in [0.25, 0.3) is 0 Å². The van der Waals surface area contributed by atoms with Crippen molar-refractivity contribution in [3.05, 3.63) is 49.1 Å². The number of hydrogen-bond donors (Lipinski definition) is 2. The summed E-state index contributed by atoms with van der Waals surface area (Å²) in [6.45, 7) is 9.81. The van der Waals surface area contributed by atoms with Gasteiger partial charge in [0, 0.05) is 52.0 Å². The minimum Gasteiger partial charge on any atom is -0.369 e. The quantitative estimate of drug-likeness (QED) is 0.688. The van der Waals surface area contributed by atoms with Crippen LogP contribution in [0.5, 0.6) is 0 Å². The predicted octanol–water partition coefficient (Wildman–Crippen LogP) is 0.918. The summed E-state index contributed by atoms with van der Waals surface area (Å²) in [5.74, 6) is 0.596. The smallest absolute Gasteiger partial charge is 0.147 e. The van der Waals surface area contributed by atoms with Gasteiger partial charge in [-0.2, -0.15) is 0 Å². The van der Waals surface area contributed by atoms with E-state index >= 15 is 0 Å². The summed E-state index contributed by atoms with van der Waals surface area (Å²) < 4.78 is 0. The van der Waals surface area contributed by atoms with Gasteiger partial charge in [0.15, 0.2) is 0 Å². The van der Waals surface area contributed by atoms with Gasteiger partial charge in [0.2, 0.25) is 0 Å². The van der Waals surface area contributed by atoms with Crippen molar-refractivity contribution in [3.8, 4) is 0 Å². The Kier molecular flexibility index (Phi) is 7.59. The lowest BCUT2D eigenvalue weighted by Crippen LogP contribution is -2.72. The number of anilines is 1. The third-order valence-corrected chi connectivity index (χ3v) is 4.22. The van der Waals surface area contributed by atoms with Crippen LogP contribution in [0.25, 0.3) is 0 Å². The molecule has 0 aromatic heterocycles. The zero-order valence-electron chi connectivity index (χ0n) is 15.3. The molecule has 1 aromatic carbocycles. The lowest BCUT2D eigenvalue weighted by atomic mass is 10.2. The van der Waals surface area contributed by atoms with Gasteiger partial charge in [-0.15, -0.1) is 10.2 Å². The molecule has 1 aromatic rings. The molecule has 2 rings (SSSR count). The number of azo groups is 1. The van der Waals surface area contributed by atoms with Crippen LogP contribution in [0.15, 0.2) is 59.3 Å².